The molecule has 8 nitrogen and oxygen atoms in total. The lowest BCUT2D eigenvalue weighted by Gasteiger charge is -2.06. The molecule has 0 radical (unpaired) electrons. The Morgan fingerprint density at radius 2 is 1.82 bits per heavy atom. The van der Waals surface area contributed by atoms with E-state index in [0.717, 1.165) is 5.56 Å². The molecule has 0 aliphatic rings. The predicted octanol–water partition coefficient (Wildman–Crippen LogP) is 2.02. The largest absolute Gasteiger partial charge is 0.480 e. The molecule has 3 rings (SSSR count). The number of nitrogens with zero attached hydrogens (tertiary/aromatic N) is 4. The van der Waals surface area contributed by atoms with Gasteiger partial charge in [0.15, 0.2) is 0 Å². The van der Waals surface area contributed by atoms with Crippen molar-refractivity contribution in [2.45, 2.75) is 0 Å². The molecule has 0 saturated carbocycles. The van der Waals surface area contributed by atoms with E-state index in [4.69, 9.17) is 32.3 Å². The van der Waals surface area contributed by atoms with Crippen molar-refractivity contribution >= 4 is 23.4 Å². The Morgan fingerprint density at radius 1 is 1.09 bits per heavy atom. The van der Waals surface area contributed by atoms with Gasteiger partial charge in [0.05, 0.1) is 7.11 Å². The number of hydrogen-bond acceptors (Lipinski definition) is 8. The van der Waals surface area contributed by atoms with Crippen LogP contribution in [0.25, 0.3) is 22.8 Å². The van der Waals surface area contributed by atoms with E-state index >= 15 is 0 Å². The minimum atomic E-state index is -0.00413. The van der Waals surface area contributed by atoms with E-state index in [9.17, 15) is 0 Å². The second-order valence-electron chi connectivity index (χ2n) is 4.28. The SMILES string of the molecule is COc1nc(N)nc(N)c1-c1nc(-c2ccc(Cl)cc2)no1. The van der Waals surface area contributed by atoms with Crippen molar-refractivity contribution in [3.8, 4) is 28.7 Å². The predicted molar refractivity (Wildman–Crippen MR) is 81.1 cm³/mol. The number of rotatable bonds is 3. The van der Waals surface area contributed by atoms with Crippen molar-refractivity contribution in [2.75, 3.05) is 18.6 Å². The minimum absolute atomic E-state index is 0.00413. The number of benzene rings is 1. The Bertz CT molecular complexity index is 818. The highest BCUT2D eigenvalue weighted by molar-refractivity contribution is 6.30. The van der Waals surface area contributed by atoms with Gasteiger partial charge in [-0.3, -0.25) is 0 Å². The first-order valence-electron chi connectivity index (χ1n) is 6.15. The highest BCUT2D eigenvalue weighted by Gasteiger charge is 2.21. The molecular formula is C13H11ClN6O2. The van der Waals surface area contributed by atoms with Gasteiger partial charge in [0.2, 0.25) is 17.7 Å². The highest BCUT2D eigenvalue weighted by atomic mass is 35.5. The quantitative estimate of drug-likeness (QED) is 0.751. The van der Waals surface area contributed by atoms with Gasteiger partial charge >= 0.3 is 0 Å². The smallest absolute Gasteiger partial charge is 0.267 e. The molecule has 112 valence electrons. The van der Waals surface area contributed by atoms with Crippen LogP contribution in [0.4, 0.5) is 11.8 Å². The molecule has 0 aliphatic heterocycles. The Labute approximate surface area is 130 Å². The summed E-state index contributed by atoms with van der Waals surface area (Å²) in [7, 11) is 1.43. The summed E-state index contributed by atoms with van der Waals surface area (Å²) in [5.41, 5.74) is 12.4. The molecule has 0 saturated heterocycles. The summed E-state index contributed by atoms with van der Waals surface area (Å²) < 4.78 is 10.4. The van der Waals surface area contributed by atoms with Crippen LogP contribution in [0.1, 0.15) is 0 Å². The standard InChI is InChI=1S/C13H11ClN6O2/c1-21-11-8(9(15)17-13(16)19-11)12-18-10(20-22-12)6-2-4-7(14)5-3-6/h2-5H,1H3,(H4,15,16,17,19). The van der Waals surface area contributed by atoms with E-state index in [2.05, 4.69) is 20.1 Å². The maximum atomic E-state index is 5.85. The molecule has 4 N–H and O–H groups in total. The summed E-state index contributed by atoms with van der Waals surface area (Å²) in [4.78, 5) is 12.1. The highest BCUT2D eigenvalue weighted by Crippen LogP contribution is 2.33. The minimum Gasteiger partial charge on any atom is -0.480 e. The van der Waals surface area contributed by atoms with Gasteiger partial charge in [-0.15, -0.1) is 0 Å². The number of methoxy groups -OCH3 is 1. The van der Waals surface area contributed by atoms with Gasteiger partial charge in [-0.05, 0) is 24.3 Å². The third-order valence-electron chi connectivity index (χ3n) is 2.86. The fourth-order valence-electron chi connectivity index (χ4n) is 1.86. The Morgan fingerprint density at radius 3 is 2.50 bits per heavy atom. The number of anilines is 2. The summed E-state index contributed by atoms with van der Waals surface area (Å²) >= 11 is 5.85. The fourth-order valence-corrected chi connectivity index (χ4v) is 1.99. The van der Waals surface area contributed by atoms with E-state index < -0.39 is 0 Å². The van der Waals surface area contributed by atoms with Crippen molar-refractivity contribution in [3.63, 3.8) is 0 Å². The van der Waals surface area contributed by atoms with Crippen molar-refractivity contribution in [1.82, 2.24) is 20.1 Å². The van der Waals surface area contributed by atoms with Gasteiger partial charge in [0, 0.05) is 10.6 Å². The first-order valence-corrected chi connectivity index (χ1v) is 6.53. The van der Waals surface area contributed by atoms with Crippen LogP contribution in [0.5, 0.6) is 5.88 Å². The van der Waals surface area contributed by atoms with E-state index in [1.807, 2.05) is 0 Å². The number of nitrogen functional groups attached to an aromatic ring is 2. The second kappa shape index (κ2) is 5.49. The number of ether oxygens (including phenoxy) is 1. The van der Waals surface area contributed by atoms with Crippen LogP contribution < -0.4 is 16.2 Å². The van der Waals surface area contributed by atoms with Crippen LogP contribution in [0.15, 0.2) is 28.8 Å². The van der Waals surface area contributed by atoms with Gasteiger partial charge < -0.3 is 20.7 Å². The van der Waals surface area contributed by atoms with E-state index in [1.165, 1.54) is 7.11 Å². The second-order valence-corrected chi connectivity index (χ2v) is 4.72. The maximum absolute atomic E-state index is 5.85. The molecule has 22 heavy (non-hydrogen) atoms. The zero-order valence-corrected chi connectivity index (χ0v) is 12.2. The van der Waals surface area contributed by atoms with Crippen LogP contribution in [-0.4, -0.2) is 27.2 Å². The molecule has 2 aromatic heterocycles. The molecule has 0 fully saturated rings. The van der Waals surface area contributed by atoms with Crippen molar-refractivity contribution in [1.29, 1.82) is 0 Å². The Hall–Kier alpha value is -2.87. The van der Waals surface area contributed by atoms with E-state index in [1.54, 1.807) is 24.3 Å². The fraction of sp³-hybridized carbons (Fsp3) is 0.0769. The first-order chi connectivity index (χ1) is 10.6. The van der Waals surface area contributed by atoms with Crippen molar-refractivity contribution in [3.05, 3.63) is 29.3 Å². The van der Waals surface area contributed by atoms with Crippen molar-refractivity contribution in [2.24, 2.45) is 0 Å². The number of aromatic nitrogens is 4. The van der Waals surface area contributed by atoms with Crippen LogP contribution >= 0.6 is 11.6 Å². The Kier molecular flexibility index (Phi) is 3.51. The van der Waals surface area contributed by atoms with Gasteiger partial charge in [0.1, 0.15) is 11.4 Å². The van der Waals surface area contributed by atoms with Crippen LogP contribution in [0, 0.1) is 0 Å². The zero-order chi connectivity index (χ0) is 15.7. The van der Waals surface area contributed by atoms with Gasteiger partial charge in [-0.2, -0.15) is 15.0 Å². The lowest BCUT2D eigenvalue weighted by Crippen LogP contribution is -2.04. The van der Waals surface area contributed by atoms with E-state index in [-0.39, 0.29) is 23.5 Å². The van der Waals surface area contributed by atoms with Gasteiger partial charge in [-0.1, -0.05) is 16.8 Å². The zero-order valence-electron chi connectivity index (χ0n) is 11.4. The molecule has 2 heterocycles. The summed E-state index contributed by atoms with van der Waals surface area (Å²) in [6, 6.07) is 7.01. The molecule has 0 bridgehead atoms. The maximum Gasteiger partial charge on any atom is 0.267 e. The average Bonchev–Trinajstić information content (AvgIpc) is 2.96. The normalized spacial score (nSPS) is 10.6. The van der Waals surface area contributed by atoms with Crippen molar-refractivity contribution < 1.29 is 9.26 Å². The number of halogens is 1. The van der Waals surface area contributed by atoms with E-state index in [0.29, 0.717) is 16.4 Å². The number of hydrogen-bond donors (Lipinski definition) is 2. The molecule has 0 aliphatic carbocycles. The summed E-state index contributed by atoms with van der Waals surface area (Å²) in [6.45, 7) is 0. The third-order valence-corrected chi connectivity index (χ3v) is 3.11. The topological polar surface area (TPSA) is 126 Å². The molecule has 0 amide bonds. The lowest BCUT2D eigenvalue weighted by atomic mass is 10.2. The summed E-state index contributed by atoms with van der Waals surface area (Å²) in [5.74, 6) is 0.770. The van der Waals surface area contributed by atoms with Gasteiger partial charge in [0.25, 0.3) is 5.89 Å². The molecular weight excluding hydrogens is 308 g/mol. The summed E-state index contributed by atoms with van der Waals surface area (Å²) in [6.07, 6.45) is 0. The monoisotopic (exact) mass is 318 g/mol. The molecule has 0 unspecified atom stereocenters. The molecule has 0 atom stereocenters. The molecule has 1 aromatic carbocycles. The third kappa shape index (κ3) is 2.51. The first kappa shape index (κ1) is 14.1. The van der Waals surface area contributed by atoms with Crippen LogP contribution in [0.3, 0.4) is 0 Å². The van der Waals surface area contributed by atoms with Crippen LogP contribution in [-0.2, 0) is 0 Å². The van der Waals surface area contributed by atoms with Crippen LogP contribution in [0.2, 0.25) is 5.02 Å². The lowest BCUT2D eigenvalue weighted by molar-refractivity contribution is 0.392. The van der Waals surface area contributed by atoms with Gasteiger partial charge in [-0.25, -0.2) is 0 Å². The Balaban J connectivity index is 2.06. The number of nitrogens with two attached hydrogens (primary N) is 2. The molecule has 9 heteroatoms. The molecule has 0 spiro atoms. The molecule has 3 aromatic rings. The average molecular weight is 319 g/mol. The summed E-state index contributed by atoms with van der Waals surface area (Å²) in [5, 5.41) is 4.52.